The molecule has 1 amide bonds. The number of carbonyl (C=O) groups is 1. The second kappa shape index (κ2) is 5.38. The van der Waals surface area contributed by atoms with Crippen LogP contribution in [0.25, 0.3) is 10.8 Å². The summed E-state index contributed by atoms with van der Waals surface area (Å²) in [5.74, 6) is 0.0651. The molecule has 0 saturated carbocycles. The van der Waals surface area contributed by atoms with Crippen molar-refractivity contribution in [3.05, 3.63) is 64.9 Å². The monoisotopic (exact) mass is 327 g/mol. The van der Waals surface area contributed by atoms with Crippen LogP contribution in [0.3, 0.4) is 0 Å². The van der Waals surface area contributed by atoms with Gasteiger partial charge in [0, 0.05) is 18.0 Å². The van der Waals surface area contributed by atoms with E-state index < -0.39 is 0 Å². The maximum atomic E-state index is 12.3. The predicted octanol–water partition coefficient (Wildman–Crippen LogP) is 3.64. The molecule has 4 nitrogen and oxygen atoms in total. The van der Waals surface area contributed by atoms with E-state index in [9.17, 15) is 4.79 Å². The second-order valence-electron chi connectivity index (χ2n) is 4.21. The van der Waals surface area contributed by atoms with Crippen molar-refractivity contribution in [1.82, 2.24) is 9.97 Å². The second-order valence-corrected chi connectivity index (χ2v) is 5.12. The van der Waals surface area contributed by atoms with Gasteiger partial charge in [-0.3, -0.25) is 10.1 Å². The lowest BCUT2D eigenvalue weighted by Crippen LogP contribution is -2.14. The van der Waals surface area contributed by atoms with Gasteiger partial charge >= 0.3 is 0 Å². The highest BCUT2D eigenvalue weighted by atomic mass is 79.9. The summed E-state index contributed by atoms with van der Waals surface area (Å²) in [5.41, 5.74) is 0.606. The van der Waals surface area contributed by atoms with Crippen molar-refractivity contribution in [2.75, 3.05) is 5.32 Å². The summed E-state index contributed by atoms with van der Waals surface area (Å²) < 4.78 is 0.764. The molecule has 98 valence electrons. The van der Waals surface area contributed by atoms with E-state index in [1.54, 1.807) is 18.5 Å². The molecule has 0 spiro atoms. The average Bonchev–Trinajstić information content (AvgIpc) is 2.49. The van der Waals surface area contributed by atoms with Crippen LogP contribution in [0.5, 0.6) is 0 Å². The van der Waals surface area contributed by atoms with Gasteiger partial charge in [-0.15, -0.1) is 0 Å². The van der Waals surface area contributed by atoms with Gasteiger partial charge < -0.3 is 0 Å². The Hall–Kier alpha value is -2.27. The Morgan fingerprint density at radius 2 is 1.70 bits per heavy atom. The molecular formula is C15H10BrN3O. The zero-order chi connectivity index (χ0) is 13.9. The fraction of sp³-hybridized carbons (Fsp3) is 0. The summed E-state index contributed by atoms with van der Waals surface area (Å²) in [6.07, 6.45) is 3.18. The van der Waals surface area contributed by atoms with Crippen molar-refractivity contribution in [2.45, 2.75) is 0 Å². The molecule has 0 aliphatic rings. The van der Waals surface area contributed by atoms with Crippen molar-refractivity contribution < 1.29 is 4.79 Å². The maximum absolute atomic E-state index is 12.3. The number of hydrogen-bond donors (Lipinski definition) is 1. The van der Waals surface area contributed by atoms with E-state index in [0.29, 0.717) is 5.56 Å². The van der Waals surface area contributed by atoms with E-state index >= 15 is 0 Å². The Balaban J connectivity index is 1.94. The highest BCUT2D eigenvalue weighted by Gasteiger charge is 2.10. The van der Waals surface area contributed by atoms with E-state index in [1.165, 1.54) is 0 Å². The van der Waals surface area contributed by atoms with Gasteiger partial charge in [0.05, 0.1) is 4.47 Å². The number of nitrogens with zero attached hydrogens (tertiary/aromatic N) is 2. The van der Waals surface area contributed by atoms with Gasteiger partial charge in [-0.2, -0.15) is 0 Å². The van der Waals surface area contributed by atoms with Gasteiger partial charge in [-0.25, -0.2) is 9.97 Å². The molecule has 20 heavy (non-hydrogen) atoms. The van der Waals surface area contributed by atoms with Crippen LogP contribution in [-0.2, 0) is 0 Å². The standard InChI is InChI=1S/C15H10BrN3O/c16-11-8-17-15(18-9-11)19-14(20)13-7-3-5-10-4-1-2-6-12(10)13/h1-9H,(H,17,18,19,20). The lowest BCUT2D eigenvalue weighted by molar-refractivity contribution is 0.102. The van der Waals surface area contributed by atoms with Crippen molar-refractivity contribution in [3.63, 3.8) is 0 Å². The van der Waals surface area contributed by atoms with Crippen molar-refractivity contribution in [1.29, 1.82) is 0 Å². The summed E-state index contributed by atoms with van der Waals surface area (Å²) in [6, 6.07) is 13.4. The van der Waals surface area contributed by atoms with Crippen molar-refractivity contribution in [2.24, 2.45) is 0 Å². The van der Waals surface area contributed by atoms with Gasteiger partial charge in [0.25, 0.3) is 5.91 Å². The third-order valence-corrected chi connectivity index (χ3v) is 3.29. The van der Waals surface area contributed by atoms with Gasteiger partial charge in [0.1, 0.15) is 0 Å². The van der Waals surface area contributed by atoms with Crippen LogP contribution in [0, 0.1) is 0 Å². The van der Waals surface area contributed by atoms with E-state index in [0.717, 1.165) is 15.2 Å². The summed E-state index contributed by atoms with van der Waals surface area (Å²) in [5, 5.41) is 4.63. The van der Waals surface area contributed by atoms with Crippen LogP contribution in [-0.4, -0.2) is 15.9 Å². The summed E-state index contributed by atoms with van der Waals surface area (Å²) in [6.45, 7) is 0. The Kier molecular flexibility index (Phi) is 3.43. The Bertz CT molecular complexity index is 766. The summed E-state index contributed by atoms with van der Waals surface area (Å²) in [7, 11) is 0. The molecule has 0 unspecified atom stereocenters. The Morgan fingerprint density at radius 1 is 1.00 bits per heavy atom. The number of nitrogens with one attached hydrogen (secondary N) is 1. The van der Waals surface area contributed by atoms with Gasteiger partial charge in [-0.1, -0.05) is 36.4 Å². The lowest BCUT2D eigenvalue weighted by atomic mass is 10.0. The van der Waals surface area contributed by atoms with Crippen LogP contribution in [0.4, 0.5) is 5.95 Å². The zero-order valence-electron chi connectivity index (χ0n) is 10.4. The molecule has 1 heterocycles. The molecule has 5 heteroatoms. The number of rotatable bonds is 2. The molecule has 2 aromatic carbocycles. The smallest absolute Gasteiger partial charge is 0.258 e. The van der Waals surface area contributed by atoms with Gasteiger partial charge in [0.15, 0.2) is 0 Å². The maximum Gasteiger partial charge on any atom is 0.258 e. The van der Waals surface area contributed by atoms with E-state index in [4.69, 9.17) is 0 Å². The van der Waals surface area contributed by atoms with Crippen LogP contribution >= 0.6 is 15.9 Å². The largest absolute Gasteiger partial charge is 0.290 e. The van der Waals surface area contributed by atoms with Crippen LogP contribution < -0.4 is 5.32 Å². The van der Waals surface area contributed by atoms with E-state index in [1.807, 2.05) is 36.4 Å². The highest BCUT2D eigenvalue weighted by Crippen LogP contribution is 2.19. The fourth-order valence-corrected chi connectivity index (χ4v) is 2.17. The minimum atomic E-state index is -0.218. The minimum Gasteiger partial charge on any atom is -0.290 e. The molecule has 0 fully saturated rings. The number of carbonyl (C=O) groups excluding carboxylic acids is 1. The third-order valence-electron chi connectivity index (χ3n) is 2.88. The molecule has 1 aromatic heterocycles. The normalized spacial score (nSPS) is 10.4. The quantitative estimate of drug-likeness (QED) is 0.781. The Morgan fingerprint density at radius 3 is 2.50 bits per heavy atom. The molecule has 3 rings (SSSR count). The molecule has 0 aliphatic heterocycles. The van der Waals surface area contributed by atoms with E-state index in [-0.39, 0.29) is 11.9 Å². The first kappa shape index (κ1) is 12.7. The molecule has 0 aliphatic carbocycles. The zero-order valence-corrected chi connectivity index (χ0v) is 12.0. The number of hydrogen-bond acceptors (Lipinski definition) is 3. The third kappa shape index (κ3) is 2.53. The number of aromatic nitrogens is 2. The minimum absolute atomic E-state index is 0.218. The molecule has 0 saturated heterocycles. The molecule has 0 bridgehead atoms. The van der Waals surface area contributed by atoms with Crippen LogP contribution in [0.2, 0.25) is 0 Å². The average molecular weight is 328 g/mol. The summed E-state index contributed by atoms with van der Waals surface area (Å²) in [4.78, 5) is 20.4. The first-order chi connectivity index (χ1) is 9.74. The van der Waals surface area contributed by atoms with Crippen molar-refractivity contribution >= 4 is 38.6 Å². The number of halogens is 1. The van der Waals surface area contributed by atoms with Gasteiger partial charge in [-0.05, 0) is 32.8 Å². The number of amides is 1. The molecule has 1 N–H and O–H groups in total. The fourth-order valence-electron chi connectivity index (χ4n) is 1.97. The topological polar surface area (TPSA) is 54.9 Å². The van der Waals surface area contributed by atoms with Crippen LogP contribution in [0.1, 0.15) is 10.4 Å². The number of anilines is 1. The molecule has 0 atom stereocenters. The number of benzene rings is 2. The van der Waals surface area contributed by atoms with Crippen LogP contribution in [0.15, 0.2) is 59.3 Å². The summed E-state index contributed by atoms with van der Waals surface area (Å²) >= 11 is 3.25. The highest BCUT2D eigenvalue weighted by molar-refractivity contribution is 9.10. The first-order valence-electron chi connectivity index (χ1n) is 6.01. The predicted molar refractivity (Wildman–Crippen MR) is 81.6 cm³/mol. The van der Waals surface area contributed by atoms with Crippen molar-refractivity contribution in [3.8, 4) is 0 Å². The first-order valence-corrected chi connectivity index (χ1v) is 6.80. The number of fused-ring (bicyclic) bond motifs is 1. The molecular weight excluding hydrogens is 318 g/mol. The SMILES string of the molecule is O=C(Nc1ncc(Br)cn1)c1cccc2ccccc12. The lowest BCUT2D eigenvalue weighted by Gasteiger charge is -2.06. The molecule has 3 aromatic rings. The van der Waals surface area contributed by atoms with E-state index in [2.05, 4.69) is 31.2 Å². The molecule has 0 radical (unpaired) electrons. The Labute approximate surface area is 124 Å². The van der Waals surface area contributed by atoms with Gasteiger partial charge in [0.2, 0.25) is 5.95 Å².